The van der Waals surface area contributed by atoms with Gasteiger partial charge in [0.1, 0.15) is 11.5 Å². The lowest BCUT2D eigenvalue weighted by atomic mass is 10.3. The Morgan fingerprint density at radius 1 is 1.33 bits per heavy atom. The molecule has 3 heteroatoms. The van der Waals surface area contributed by atoms with Crippen molar-refractivity contribution in [3.05, 3.63) is 18.2 Å². The molecule has 0 aliphatic rings. The molecule has 65 valence electrons. The van der Waals surface area contributed by atoms with Gasteiger partial charge < -0.3 is 9.47 Å². The first-order valence-corrected chi connectivity index (χ1v) is 4.72. The average Bonchev–Trinajstić information content (AvgIpc) is 2.16. The molecule has 0 amide bonds. The normalized spacial score (nSPS) is 9.58. The quantitative estimate of drug-likeness (QED) is 0.669. The maximum atomic E-state index is 5.16. The lowest BCUT2D eigenvalue weighted by molar-refractivity contribution is 0.387. The highest BCUT2D eigenvalue weighted by Gasteiger charge is 2.02. The van der Waals surface area contributed by atoms with E-state index in [-0.39, 0.29) is 0 Å². The van der Waals surface area contributed by atoms with E-state index in [0.29, 0.717) is 5.75 Å². The van der Waals surface area contributed by atoms with Crippen molar-refractivity contribution in [2.75, 3.05) is 20.5 Å². The van der Waals surface area contributed by atoms with Crippen LogP contribution in [0.15, 0.2) is 17.0 Å². The Balaban J connectivity index is 3.02. The molecule has 0 aromatic heterocycles. The maximum absolute atomic E-state index is 5.16. The van der Waals surface area contributed by atoms with E-state index >= 15 is 0 Å². The summed E-state index contributed by atoms with van der Waals surface area (Å²) in [7, 11) is 3.26. The van der Waals surface area contributed by atoms with Crippen molar-refractivity contribution >= 4 is 11.8 Å². The van der Waals surface area contributed by atoms with Gasteiger partial charge in [0.05, 0.1) is 14.2 Å². The zero-order valence-corrected chi connectivity index (χ0v) is 8.20. The van der Waals surface area contributed by atoms with Gasteiger partial charge in [0.2, 0.25) is 0 Å². The summed E-state index contributed by atoms with van der Waals surface area (Å²) < 4.78 is 10.2. The van der Waals surface area contributed by atoms with Gasteiger partial charge in [-0.2, -0.15) is 0 Å². The molecule has 1 aromatic rings. The highest BCUT2D eigenvalue weighted by molar-refractivity contribution is 7.98. The van der Waals surface area contributed by atoms with Crippen LogP contribution in [-0.2, 0) is 0 Å². The number of benzene rings is 1. The van der Waals surface area contributed by atoms with Crippen LogP contribution in [0.3, 0.4) is 0 Å². The highest BCUT2D eigenvalue weighted by atomic mass is 32.2. The van der Waals surface area contributed by atoms with Crippen LogP contribution < -0.4 is 9.47 Å². The van der Waals surface area contributed by atoms with Crippen LogP contribution in [0.25, 0.3) is 0 Å². The van der Waals surface area contributed by atoms with Crippen molar-refractivity contribution in [2.24, 2.45) is 0 Å². The fraction of sp³-hybridized carbons (Fsp3) is 0.333. The van der Waals surface area contributed by atoms with Gasteiger partial charge in [-0.1, -0.05) is 0 Å². The van der Waals surface area contributed by atoms with Crippen LogP contribution in [0.5, 0.6) is 11.5 Å². The third-order valence-corrected chi connectivity index (χ3v) is 2.27. The lowest BCUT2D eigenvalue weighted by Gasteiger charge is -2.06. The minimum atomic E-state index is 0.699. The molecule has 0 atom stereocenters. The summed E-state index contributed by atoms with van der Waals surface area (Å²) in [6.45, 7) is 0. The summed E-state index contributed by atoms with van der Waals surface area (Å²) in [6.07, 6.45) is 2.00. The van der Waals surface area contributed by atoms with E-state index in [1.807, 2.05) is 18.4 Å². The number of hydrogen-bond acceptors (Lipinski definition) is 3. The first kappa shape index (κ1) is 9.26. The van der Waals surface area contributed by atoms with Gasteiger partial charge >= 0.3 is 0 Å². The largest absolute Gasteiger partial charge is 0.496 e. The van der Waals surface area contributed by atoms with Gasteiger partial charge in [0, 0.05) is 17.0 Å². The Hall–Kier alpha value is -0.830. The average molecular weight is 183 g/mol. The first-order chi connectivity index (χ1) is 5.81. The van der Waals surface area contributed by atoms with Crippen molar-refractivity contribution < 1.29 is 9.47 Å². The Kier molecular flexibility index (Phi) is 3.29. The second-order valence-electron chi connectivity index (χ2n) is 2.14. The summed E-state index contributed by atoms with van der Waals surface area (Å²) in [5.41, 5.74) is 0. The summed E-state index contributed by atoms with van der Waals surface area (Å²) in [5.74, 6) is 1.53. The van der Waals surface area contributed by atoms with Gasteiger partial charge in [0.25, 0.3) is 0 Å². The molecule has 0 fully saturated rings. The van der Waals surface area contributed by atoms with Gasteiger partial charge in [-0.25, -0.2) is 0 Å². The number of hydrogen-bond donors (Lipinski definition) is 0. The third kappa shape index (κ3) is 1.85. The standard InChI is InChI=1S/C9H11O2S/c1-10-7-4-5-9(12-3)8(6-7)11-2/h5-6H,1-3H3. The molecule has 0 heterocycles. The van der Waals surface area contributed by atoms with Crippen LogP contribution in [0.1, 0.15) is 0 Å². The smallest absolute Gasteiger partial charge is 0.136 e. The predicted molar refractivity (Wildman–Crippen MR) is 50.2 cm³/mol. The first-order valence-electron chi connectivity index (χ1n) is 3.49. The maximum Gasteiger partial charge on any atom is 0.136 e. The van der Waals surface area contributed by atoms with E-state index in [1.54, 1.807) is 26.0 Å². The Labute approximate surface area is 76.9 Å². The van der Waals surface area contributed by atoms with E-state index in [4.69, 9.17) is 9.47 Å². The van der Waals surface area contributed by atoms with Crippen molar-refractivity contribution in [2.45, 2.75) is 4.90 Å². The Morgan fingerprint density at radius 2 is 2.08 bits per heavy atom. The van der Waals surface area contributed by atoms with Gasteiger partial charge in [-0.05, 0) is 12.3 Å². The predicted octanol–water partition coefficient (Wildman–Crippen LogP) is 2.23. The summed E-state index contributed by atoms with van der Waals surface area (Å²) >= 11 is 1.63. The van der Waals surface area contributed by atoms with E-state index in [0.717, 1.165) is 10.6 Å². The van der Waals surface area contributed by atoms with E-state index in [2.05, 4.69) is 6.07 Å². The Morgan fingerprint density at radius 3 is 2.58 bits per heavy atom. The molecule has 0 bridgehead atoms. The second kappa shape index (κ2) is 4.26. The zero-order chi connectivity index (χ0) is 8.97. The van der Waals surface area contributed by atoms with Crippen LogP contribution in [-0.4, -0.2) is 20.5 Å². The van der Waals surface area contributed by atoms with E-state index in [9.17, 15) is 0 Å². The molecule has 0 saturated heterocycles. The summed E-state index contributed by atoms with van der Waals surface area (Å²) in [5, 5.41) is 0. The molecule has 0 unspecified atom stereocenters. The molecular formula is C9H11O2S. The molecule has 12 heavy (non-hydrogen) atoms. The topological polar surface area (TPSA) is 18.5 Å². The molecule has 1 radical (unpaired) electrons. The summed E-state index contributed by atoms with van der Waals surface area (Å²) in [4.78, 5) is 1.07. The molecule has 0 spiro atoms. The molecule has 0 N–H and O–H groups in total. The third-order valence-electron chi connectivity index (χ3n) is 1.51. The van der Waals surface area contributed by atoms with Gasteiger partial charge in [-0.3, -0.25) is 0 Å². The van der Waals surface area contributed by atoms with Crippen LogP contribution in [0, 0.1) is 6.07 Å². The van der Waals surface area contributed by atoms with Gasteiger partial charge in [0.15, 0.2) is 0 Å². The SMILES string of the molecule is COc1[c]cc(SC)c(OC)c1. The molecule has 1 aromatic carbocycles. The Bertz CT molecular complexity index is 261. The molecule has 0 aliphatic carbocycles. The number of thioether (sulfide) groups is 1. The van der Waals surface area contributed by atoms with Crippen LogP contribution in [0.2, 0.25) is 0 Å². The van der Waals surface area contributed by atoms with Crippen LogP contribution >= 0.6 is 11.8 Å². The lowest BCUT2D eigenvalue weighted by Crippen LogP contribution is -1.88. The minimum absolute atomic E-state index is 0.699. The molecule has 0 saturated carbocycles. The zero-order valence-electron chi connectivity index (χ0n) is 7.38. The second-order valence-corrected chi connectivity index (χ2v) is 2.99. The van der Waals surface area contributed by atoms with Gasteiger partial charge in [-0.15, -0.1) is 11.8 Å². The fourth-order valence-corrected chi connectivity index (χ4v) is 1.40. The monoisotopic (exact) mass is 183 g/mol. The fourth-order valence-electron chi connectivity index (χ4n) is 0.877. The number of methoxy groups -OCH3 is 2. The van der Waals surface area contributed by atoms with E-state index in [1.165, 1.54) is 0 Å². The number of ether oxygens (including phenoxy) is 2. The molecular weight excluding hydrogens is 172 g/mol. The van der Waals surface area contributed by atoms with Crippen molar-refractivity contribution in [1.82, 2.24) is 0 Å². The minimum Gasteiger partial charge on any atom is -0.496 e. The van der Waals surface area contributed by atoms with Crippen molar-refractivity contribution in [3.63, 3.8) is 0 Å². The van der Waals surface area contributed by atoms with Crippen LogP contribution in [0.4, 0.5) is 0 Å². The molecule has 0 aliphatic heterocycles. The highest BCUT2D eigenvalue weighted by Crippen LogP contribution is 2.30. The number of rotatable bonds is 3. The summed E-state index contributed by atoms with van der Waals surface area (Å²) in [6, 6.07) is 6.68. The molecule has 1 rings (SSSR count). The molecule has 2 nitrogen and oxygen atoms in total. The van der Waals surface area contributed by atoms with Crippen molar-refractivity contribution in [1.29, 1.82) is 0 Å². The van der Waals surface area contributed by atoms with E-state index < -0.39 is 0 Å². The van der Waals surface area contributed by atoms with Crippen molar-refractivity contribution in [3.8, 4) is 11.5 Å².